The van der Waals surface area contributed by atoms with Gasteiger partial charge in [-0.05, 0) is 51.5 Å². The number of amides is 2. The molecule has 1 aromatic heterocycles. The molecule has 0 saturated heterocycles. The van der Waals surface area contributed by atoms with E-state index in [1.165, 1.54) is 6.20 Å². The van der Waals surface area contributed by atoms with E-state index in [1.54, 1.807) is 0 Å². The van der Waals surface area contributed by atoms with Crippen molar-refractivity contribution in [2.75, 3.05) is 5.32 Å². The highest BCUT2D eigenvalue weighted by molar-refractivity contribution is 6.40. The lowest BCUT2D eigenvalue weighted by molar-refractivity contribution is -0.136. The first kappa shape index (κ1) is 25.9. The number of rotatable bonds is 6. The summed E-state index contributed by atoms with van der Waals surface area (Å²) in [7, 11) is 0. The van der Waals surface area contributed by atoms with E-state index in [2.05, 4.69) is 27.3 Å². The lowest BCUT2D eigenvalue weighted by atomic mass is 9.93. The van der Waals surface area contributed by atoms with E-state index in [9.17, 15) is 31.5 Å². The van der Waals surface area contributed by atoms with Crippen molar-refractivity contribution in [3.05, 3.63) is 53.6 Å². The minimum Gasteiger partial charge on any atom is -0.474 e. The number of aromatic amines is 1. The highest BCUT2D eigenvalue weighted by Gasteiger charge is 2.30. The summed E-state index contributed by atoms with van der Waals surface area (Å²) >= 11 is 0. The standard InChI is InChI=1S/C23H23F5N4O3/c1-12(23(26,27)28)3-8-20(29-2)35-14-6-4-13(5-7-14)31-21(33)22(34)32-19-11-30-18-10-17(25)16(24)9-15(18)19/h3,8-11,13-14,30H,2,4-7H2,1H3,(H,31,33)(H,32,34)/b12-3+,20-8+. The van der Waals surface area contributed by atoms with Gasteiger partial charge >= 0.3 is 18.0 Å². The monoisotopic (exact) mass is 498 g/mol. The fourth-order valence-corrected chi connectivity index (χ4v) is 3.57. The summed E-state index contributed by atoms with van der Waals surface area (Å²) in [5.41, 5.74) is -0.427. The summed E-state index contributed by atoms with van der Waals surface area (Å²) in [6.45, 7) is 4.23. The zero-order valence-corrected chi connectivity index (χ0v) is 18.6. The smallest absolute Gasteiger partial charge is 0.412 e. The van der Waals surface area contributed by atoms with Crippen LogP contribution in [0.4, 0.5) is 27.6 Å². The number of nitrogens with zero attached hydrogens (tertiary/aromatic N) is 1. The van der Waals surface area contributed by atoms with Crippen LogP contribution < -0.4 is 10.6 Å². The van der Waals surface area contributed by atoms with Crippen LogP contribution in [-0.4, -0.2) is 41.8 Å². The maximum atomic E-state index is 13.5. The molecule has 1 saturated carbocycles. The predicted octanol–water partition coefficient (Wildman–Crippen LogP) is 4.88. The summed E-state index contributed by atoms with van der Waals surface area (Å²) in [5.74, 6) is -4.05. The van der Waals surface area contributed by atoms with Crippen LogP contribution in [0.15, 0.2) is 46.9 Å². The average molecular weight is 498 g/mol. The number of aromatic nitrogens is 1. The van der Waals surface area contributed by atoms with Gasteiger partial charge in [0.25, 0.3) is 0 Å². The lowest BCUT2D eigenvalue weighted by Crippen LogP contribution is -2.44. The van der Waals surface area contributed by atoms with Crippen LogP contribution in [0.2, 0.25) is 0 Å². The molecule has 0 unspecified atom stereocenters. The molecule has 1 aliphatic rings. The molecule has 0 radical (unpaired) electrons. The Bertz CT molecular complexity index is 1180. The number of hydrogen-bond donors (Lipinski definition) is 3. The van der Waals surface area contributed by atoms with E-state index in [0.717, 1.165) is 31.2 Å². The van der Waals surface area contributed by atoms with Gasteiger partial charge in [-0.3, -0.25) is 9.59 Å². The molecule has 2 amide bonds. The molecular formula is C23H23F5N4O3. The number of alkyl halides is 3. The molecule has 7 nitrogen and oxygen atoms in total. The molecule has 188 valence electrons. The summed E-state index contributed by atoms with van der Waals surface area (Å²) < 4.78 is 70.2. The van der Waals surface area contributed by atoms with Gasteiger partial charge in [0.15, 0.2) is 11.6 Å². The molecule has 12 heteroatoms. The van der Waals surface area contributed by atoms with Gasteiger partial charge in [-0.2, -0.15) is 13.2 Å². The molecule has 0 spiro atoms. The molecule has 35 heavy (non-hydrogen) atoms. The maximum Gasteiger partial charge on any atom is 0.412 e. The van der Waals surface area contributed by atoms with Crippen LogP contribution in [0.25, 0.3) is 10.9 Å². The molecule has 0 aliphatic heterocycles. The number of carbonyl (C=O) groups is 2. The summed E-state index contributed by atoms with van der Waals surface area (Å²) in [4.78, 5) is 30.9. The molecule has 0 atom stereocenters. The number of H-pyrrole nitrogens is 1. The van der Waals surface area contributed by atoms with Crippen molar-refractivity contribution in [1.29, 1.82) is 0 Å². The number of nitrogens with one attached hydrogen (secondary N) is 3. The van der Waals surface area contributed by atoms with Crippen LogP contribution >= 0.6 is 0 Å². The van der Waals surface area contributed by atoms with Crippen LogP contribution in [0.3, 0.4) is 0 Å². The second kappa shape index (κ2) is 10.7. The number of allylic oxidation sites excluding steroid dienone is 3. The minimum atomic E-state index is -4.45. The van der Waals surface area contributed by atoms with Gasteiger partial charge in [-0.15, -0.1) is 0 Å². The van der Waals surface area contributed by atoms with Crippen molar-refractivity contribution in [3.8, 4) is 0 Å². The quantitative estimate of drug-likeness (QED) is 0.174. The Balaban J connectivity index is 1.50. The highest BCUT2D eigenvalue weighted by Crippen LogP contribution is 2.27. The van der Waals surface area contributed by atoms with Gasteiger partial charge in [-0.1, -0.05) is 0 Å². The van der Waals surface area contributed by atoms with Crippen molar-refractivity contribution in [3.63, 3.8) is 0 Å². The van der Waals surface area contributed by atoms with Crippen LogP contribution in [0, 0.1) is 11.6 Å². The van der Waals surface area contributed by atoms with Gasteiger partial charge in [0.05, 0.1) is 11.2 Å². The number of anilines is 1. The average Bonchev–Trinajstić information content (AvgIpc) is 3.18. The Hall–Kier alpha value is -3.70. The zero-order valence-electron chi connectivity index (χ0n) is 18.6. The minimum absolute atomic E-state index is 0.0458. The molecular weight excluding hydrogens is 475 g/mol. The van der Waals surface area contributed by atoms with Crippen molar-refractivity contribution in [1.82, 2.24) is 10.3 Å². The third-order valence-corrected chi connectivity index (χ3v) is 5.55. The molecule has 1 fully saturated rings. The Kier molecular flexibility index (Phi) is 7.92. The Morgan fingerprint density at radius 3 is 2.40 bits per heavy atom. The second-order valence-corrected chi connectivity index (χ2v) is 8.04. The second-order valence-electron chi connectivity index (χ2n) is 8.04. The number of benzene rings is 1. The molecule has 1 heterocycles. The molecule has 1 aliphatic carbocycles. The molecule has 3 rings (SSSR count). The fourth-order valence-electron chi connectivity index (χ4n) is 3.57. The van der Waals surface area contributed by atoms with Crippen molar-refractivity contribution in [2.45, 2.75) is 50.9 Å². The van der Waals surface area contributed by atoms with Crippen LogP contribution in [-0.2, 0) is 14.3 Å². The molecule has 1 aromatic carbocycles. The number of hydrogen-bond acceptors (Lipinski definition) is 4. The lowest BCUT2D eigenvalue weighted by Gasteiger charge is -2.29. The van der Waals surface area contributed by atoms with E-state index in [4.69, 9.17) is 4.74 Å². The predicted molar refractivity (Wildman–Crippen MR) is 120 cm³/mol. The van der Waals surface area contributed by atoms with Crippen molar-refractivity contribution in [2.24, 2.45) is 4.99 Å². The van der Waals surface area contributed by atoms with E-state index in [1.807, 2.05) is 0 Å². The largest absolute Gasteiger partial charge is 0.474 e. The number of carbonyl (C=O) groups excluding carboxylic acids is 2. The molecule has 3 N–H and O–H groups in total. The third-order valence-electron chi connectivity index (χ3n) is 5.55. The van der Waals surface area contributed by atoms with E-state index in [-0.39, 0.29) is 34.6 Å². The third kappa shape index (κ3) is 6.67. The number of aliphatic imine (C=N–C) groups is 1. The topological polar surface area (TPSA) is 95.6 Å². The van der Waals surface area contributed by atoms with Gasteiger partial charge in [-0.25, -0.2) is 13.8 Å². The number of fused-ring (bicyclic) bond motifs is 1. The van der Waals surface area contributed by atoms with Gasteiger partial charge < -0.3 is 20.4 Å². The van der Waals surface area contributed by atoms with E-state index >= 15 is 0 Å². The van der Waals surface area contributed by atoms with Gasteiger partial charge in [0.1, 0.15) is 6.10 Å². The van der Waals surface area contributed by atoms with E-state index < -0.39 is 35.2 Å². The van der Waals surface area contributed by atoms with Crippen LogP contribution in [0.1, 0.15) is 32.6 Å². The molecule has 2 aromatic rings. The highest BCUT2D eigenvalue weighted by atomic mass is 19.4. The normalized spacial score (nSPS) is 19.4. The summed E-state index contributed by atoms with van der Waals surface area (Å²) in [6, 6.07) is 1.54. The van der Waals surface area contributed by atoms with Crippen LogP contribution in [0.5, 0.6) is 0 Å². The SMILES string of the molecule is C=N/C(=C\C=C(/C)C(F)(F)F)OC1CCC(NC(=O)C(=O)Nc2c[nH]c3cc(F)c(F)cc23)CC1. The Morgan fingerprint density at radius 1 is 1.11 bits per heavy atom. The molecule has 0 bridgehead atoms. The maximum absolute atomic E-state index is 13.5. The summed E-state index contributed by atoms with van der Waals surface area (Å²) in [5, 5.41) is 5.19. The Morgan fingerprint density at radius 2 is 1.77 bits per heavy atom. The fraction of sp³-hybridized carbons (Fsp3) is 0.348. The number of ether oxygens (including phenoxy) is 1. The first-order chi connectivity index (χ1) is 16.5. The Labute approximate surface area is 197 Å². The number of halogens is 5. The zero-order chi connectivity index (χ0) is 25.8. The summed E-state index contributed by atoms with van der Waals surface area (Å²) in [6.07, 6.45) is 0.339. The van der Waals surface area contributed by atoms with Gasteiger partial charge in [0.2, 0.25) is 5.88 Å². The van der Waals surface area contributed by atoms with Crippen molar-refractivity contribution >= 4 is 35.1 Å². The van der Waals surface area contributed by atoms with E-state index in [0.29, 0.717) is 25.7 Å². The van der Waals surface area contributed by atoms with Gasteiger partial charge in [0, 0.05) is 35.3 Å². The van der Waals surface area contributed by atoms with Crippen molar-refractivity contribution < 1.29 is 36.3 Å². The first-order valence-electron chi connectivity index (χ1n) is 10.6. The first-order valence-corrected chi connectivity index (χ1v) is 10.6.